The highest BCUT2D eigenvalue weighted by molar-refractivity contribution is 6.51. The number of hydrogen-bond donors (Lipinski definition) is 1. The second kappa shape index (κ2) is 10.2. The Bertz CT molecular complexity index is 1410. The van der Waals surface area contributed by atoms with E-state index in [0.29, 0.717) is 28.1 Å². The number of hydrogen-bond acceptors (Lipinski definition) is 7. The molecular formula is C29H28N2O6. The molecule has 0 aliphatic carbocycles. The molecule has 1 unspecified atom stereocenters. The third-order valence-electron chi connectivity index (χ3n) is 6.40. The van der Waals surface area contributed by atoms with E-state index in [1.807, 2.05) is 43.3 Å². The fourth-order valence-corrected chi connectivity index (χ4v) is 4.44. The summed E-state index contributed by atoms with van der Waals surface area (Å²) >= 11 is 0. The zero-order valence-corrected chi connectivity index (χ0v) is 21.3. The lowest BCUT2D eigenvalue weighted by molar-refractivity contribution is -0.132. The van der Waals surface area contributed by atoms with Crippen LogP contribution in [0.4, 0.5) is 11.4 Å². The van der Waals surface area contributed by atoms with E-state index >= 15 is 0 Å². The molecule has 1 N–H and O–H groups in total. The van der Waals surface area contributed by atoms with Crippen molar-refractivity contribution in [1.29, 1.82) is 0 Å². The molecule has 4 rings (SSSR count). The first kappa shape index (κ1) is 25.5. The number of carbonyl (C=O) groups is 3. The maximum Gasteiger partial charge on any atom is 0.337 e. The second-order valence-corrected chi connectivity index (χ2v) is 8.88. The van der Waals surface area contributed by atoms with E-state index in [0.717, 1.165) is 5.69 Å². The number of ketones is 1. The molecule has 3 aromatic rings. The van der Waals surface area contributed by atoms with Crippen molar-refractivity contribution in [1.82, 2.24) is 0 Å². The molecule has 1 amide bonds. The van der Waals surface area contributed by atoms with Crippen LogP contribution in [0.2, 0.25) is 0 Å². The third kappa shape index (κ3) is 4.65. The highest BCUT2D eigenvalue weighted by Crippen LogP contribution is 2.43. The van der Waals surface area contributed by atoms with Gasteiger partial charge in [-0.15, -0.1) is 0 Å². The van der Waals surface area contributed by atoms with Gasteiger partial charge in [0.1, 0.15) is 11.5 Å². The summed E-state index contributed by atoms with van der Waals surface area (Å²) < 4.78 is 10.1. The Morgan fingerprint density at radius 2 is 1.68 bits per heavy atom. The normalized spacial score (nSPS) is 16.6. The zero-order valence-electron chi connectivity index (χ0n) is 21.3. The van der Waals surface area contributed by atoms with Gasteiger partial charge in [-0.2, -0.15) is 0 Å². The van der Waals surface area contributed by atoms with Crippen LogP contribution in [-0.4, -0.2) is 51.1 Å². The van der Waals surface area contributed by atoms with Crippen LogP contribution in [-0.2, 0) is 14.3 Å². The molecule has 0 bridgehead atoms. The van der Waals surface area contributed by atoms with Crippen LogP contribution in [0.3, 0.4) is 0 Å². The molecule has 0 aromatic heterocycles. The number of amides is 1. The van der Waals surface area contributed by atoms with Crippen LogP contribution < -0.4 is 14.5 Å². The van der Waals surface area contributed by atoms with Gasteiger partial charge in [-0.3, -0.25) is 14.5 Å². The van der Waals surface area contributed by atoms with E-state index in [9.17, 15) is 19.5 Å². The molecule has 1 saturated heterocycles. The van der Waals surface area contributed by atoms with Gasteiger partial charge in [0.15, 0.2) is 0 Å². The molecule has 1 atom stereocenters. The third-order valence-corrected chi connectivity index (χ3v) is 6.40. The van der Waals surface area contributed by atoms with Crippen molar-refractivity contribution in [3.05, 3.63) is 94.6 Å². The van der Waals surface area contributed by atoms with Gasteiger partial charge in [-0.1, -0.05) is 18.2 Å². The van der Waals surface area contributed by atoms with Gasteiger partial charge < -0.3 is 19.5 Å². The maximum atomic E-state index is 13.4. The van der Waals surface area contributed by atoms with Crippen LogP contribution in [0.15, 0.2) is 72.3 Å². The van der Waals surface area contributed by atoms with Gasteiger partial charge in [-0.05, 0) is 66.6 Å². The number of aliphatic hydroxyl groups excluding tert-OH is 1. The summed E-state index contributed by atoms with van der Waals surface area (Å²) in [4.78, 5) is 42.3. The molecule has 3 aromatic carbocycles. The first-order valence-corrected chi connectivity index (χ1v) is 11.6. The summed E-state index contributed by atoms with van der Waals surface area (Å²) in [5.41, 5.74) is 3.17. The van der Waals surface area contributed by atoms with Gasteiger partial charge >= 0.3 is 5.97 Å². The minimum absolute atomic E-state index is 0.0423. The number of ether oxygens (including phenoxy) is 2. The summed E-state index contributed by atoms with van der Waals surface area (Å²) in [6, 6.07) is 17.8. The lowest BCUT2D eigenvalue weighted by Crippen LogP contribution is -2.29. The summed E-state index contributed by atoms with van der Waals surface area (Å²) in [6.45, 7) is 1.79. The highest BCUT2D eigenvalue weighted by atomic mass is 16.5. The van der Waals surface area contributed by atoms with Gasteiger partial charge in [0, 0.05) is 31.0 Å². The predicted octanol–water partition coefficient (Wildman–Crippen LogP) is 4.48. The smallest absolute Gasteiger partial charge is 0.337 e. The number of aliphatic hydroxyl groups is 1. The number of nitrogens with zero attached hydrogens (tertiary/aromatic N) is 2. The fourth-order valence-electron chi connectivity index (χ4n) is 4.44. The average Bonchev–Trinajstić information content (AvgIpc) is 3.17. The van der Waals surface area contributed by atoms with E-state index in [1.54, 1.807) is 50.4 Å². The number of Topliss-reactive ketones (excluding diaryl/α,β-unsaturated/α-hetero) is 1. The standard InChI is InChI=1S/C29H28N2O6/c1-17-15-22(36-4)13-14-23(17)26(32)24-25(18-9-11-20(12-10-18)30(2)3)31(28(34)27(24)33)21-8-6-7-19(16-21)29(35)37-5/h6-16,25,32H,1-5H3/b26-24-. The minimum Gasteiger partial charge on any atom is -0.507 e. The number of benzene rings is 3. The van der Waals surface area contributed by atoms with Crippen LogP contribution in [0.25, 0.3) is 5.76 Å². The minimum atomic E-state index is -0.925. The van der Waals surface area contributed by atoms with Crippen molar-refractivity contribution in [2.24, 2.45) is 0 Å². The molecule has 1 aliphatic rings. The Morgan fingerprint density at radius 1 is 0.973 bits per heavy atom. The molecule has 8 heteroatoms. The van der Waals surface area contributed by atoms with E-state index < -0.39 is 23.7 Å². The van der Waals surface area contributed by atoms with E-state index in [1.165, 1.54) is 18.1 Å². The second-order valence-electron chi connectivity index (χ2n) is 8.88. The van der Waals surface area contributed by atoms with E-state index in [2.05, 4.69) is 0 Å². The van der Waals surface area contributed by atoms with Crippen molar-refractivity contribution < 1.29 is 29.0 Å². The molecule has 1 fully saturated rings. The van der Waals surface area contributed by atoms with Gasteiger partial charge in [0.2, 0.25) is 0 Å². The molecule has 37 heavy (non-hydrogen) atoms. The van der Waals surface area contributed by atoms with Crippen molar-refractivity contribution in [2.75, 3.05) is 38.1 Å². The Balaban J connectivity index is 1.94. The molecule has 1 heterocycles. The number of rotatable bonds is 6. The molecule has 0 saturated carbocycles. The van der Waals surface area contributed by atoms with E-state index in [4.69, 9.17) is 9.47 Å². The molecule has 0 spiro atoms. The molecule has 0 radical (unpaired) electrons. The number of carbonyl (C=O) groups excluding carboxylic acids is 3. The van der Waals surface area contributed by atoms with Crippen LogP contribution in [0.1, 0.15) is 33.1 Å². The fraction of sp³-hybridized carbons (Fsp3) is 0.207. The predicted molar refractivity (Wildman–Crippen MR) is 141 cm³/mol. The summed E-state index contributed by atoms with van der Waals surface area (Å²) in [6.07, 6.45) is 0. The summed E-state index contributed by atoms with van der Waals surface area (Å²) in [7, 11) is 6.63. The lowest BCUT2D eigenvalue weighted by Gasteiger charge is -2.26. The highest BCUT2D eigenvalue weighted by Gasteiger charge is 2.47. The van der Waals surface area contributed by atoms with Crippen LogP contribution >= 0.6 is 0 Å². The maximum absolute atomic E-state index is 13.4. The van der Waals surface area contributed by atoms with Crippen molar-refractivity contribution in [3.8, 4) is 5.75 Å². The Labute approximate surface area is 215 Å². The number of aryl methyl sites for hydroxylation is 1. The van der Waals surface area contributed by atoms with Crippen LogP contribution in [0.5, 0.6) is 5.75 Å². The Kier molecular flexibility index (Phi) is 7.02. The Morgan fingerprint density at radius 3 is 2.27 bits per heavy atom. The quantitative estimate of drug-likeness (QED) is 0.231. The van der Waals surface area contributed by atoms with Crippen molar-refractivity contribution in [3.63, 3.8) is 0 Å². The van der Waals surface area contributed by atoms with E-state index in [-0.39, 0.29) is 16.9 Å². The molecule has 190 valence electrons. The SMILES string of the molecule is COC(=O)c1cccc(N2C(=O)C(=O)/C(=C(\O)c3ccc(OC)cc3C)C2c2ccc(N(C)C)cc2)c1. The van der Waals surface area contributed by atoms with Crippen molar-refractivity contribution >= 4 is 34.8 Å². The van der Waals surface area contributed by atoms with Gasteiger partial charge in [0.05, 0.1) is 31.4 Å². The number of methoxy groups -OCH3 is 2. The molecule has 1 aliphatic heterocycles. The van der Waals surface area contributed by atoms with Crippen LogP contribution in [0, 0.1) is 6.92 Å². The first-order valence-electron chi connectivity index (χ1n) is 11.6. The molecule has 8 nitrogen and oxygen atoms in total. The Hall–Kier alpha value is -4.59. The lowest BCUT2D eigenvalue weighted by atomic mass is 9.93. The largest absolute Gasteiger partial charge is 0.507 e. The number of esters is 1. The average molecular weight is 501 g/mol. The topological polar surface area (TPSA) is 96.4 Å². The van der Waals surface area contributed by atoms with Gasteiger partial charge in [0.25, 0.3) is 11.7 Å². The van der Waals surface area contributed by atoms with Gasteiger partial charge in [-0.25, -0.2) is 4.79 Å². The molecular weight excluding hydrogens is 472 g/mol. The monoisotopic (exact) mass is 500 g/mol. The zero-order chi connectivity index (χ0) is 26.9. The van der Waals surface area contributed by atoms with Crippen molar-refractivity contribution in [2.45, 2.75) is 13.0 Å². The number of anilines is 2. The summed E-state index contributed by atoms with van der Waals surface area (Å²) in [5, 5.41) is 11.4. The first-order chi connectivity index (χ1) is 17.7. The summed E-state index contributed by atoms with van der Waals surface area (Å²) in [5.74, 6) is -1.88.